The molecule has 1 amide bonds. The van der Waals surface area contributed by atoms with E-state index in [1.807, 2.05) is 0 Å². The van der Waals surface area contributed by atoms with Crippen LogP contribution in [0, 0.1) is 11.6 Å². The van der Waals surface area contributed by atoms with Gasteiger partial charge in [-0.15, -0.1) is 0 Å². The highest BCUT2D eigenvalue weighted by atomic mass is 35.5. The van der Waals surface area contributed by atoms with Crippen LogP contribution in [-0.4, -0.2) is 32.9 Å². The minimum Gasteiger partial charge on any atom is -0.492 e. The monoisotopic (exact) mass is 389 g/mol. The molecule has 9 heteroatoms. The normalized spacial score (nSPS) is 11.2. The Hall–Kier alpha value is -2.19. The maximum absolute atomic E-state index is 13.3. The minimum absolute atomic E-state index is 0.0365. The highest BCUT2D eigenvalue weighted by Crippen LogP contribution is 2.23. The van der Waals surface area contributed by atoms with E-state index in [9.17, 15) is 22.0 Å². The van der Waals surface area contributed by atoms with Crippen molar-refractivity contribution in [3.8, 4) is 5.75 Å². The number of ether oxygens (including phenoxy) is 1. The Morgan fingerprint density at radius 1 is 1.20 bits per heavy atom. The SMILES string of the molecule is CS(=O)(=O)CCOc1cccc(NC(=O)c2cc(F)c(F)cc2Cl)c1. The summed E-state index contributed by atoms with van der Waals surface area (Å²) in [7, 11) is -3.15. The Balaban J connectivity index is 2.09. The van der Waals surface area contributed by atoms with Crippen molar-refractivity contribution in [1.82, 2.24) is 0 Å². The molecule has 1 N–H and O–H groups in total. The van der Waals surface area contributed by atoms with Crippen LogP contribution in [-0.2, 0) is 9.84 Å². The lowest BCUT2D eigenvalue weighted by Crippen LogP contribution is -2.14. The standard InChI is InChI=1S/C16H14ClF2NO4S/c1-25(22,23)6-5-24-11-4-2-3-10(7-11)20-16(21)12-8-14(18)15(19)9-13(12)17/h2-4,7-9H,5-6H2,1H3,(H,20,21). The third-order valence-corrected chi connectivity index (χ3v) is 4.29. The van der Waals surface area contributed by atoms with Crippen LogP contribution < -0.4 is 10.1 Å². The van der Waals surface area contributed by atoms with Crippen LogP contribution in [0.15, 0.2) is 36.4 Å². The van der Waals surface area contributed by atoms with Crippen LogP contribution >= 0.6 is 11.6 Å². The molecule has 0 atom stereocenters. The second-order valence-electron chi connectivity index (χ2n) is 5.21. The lowest BCUT2D eigenvalue weighted by atomic mass is 10.2. The topological polar surface area (TPSA) is 72.5 Å². The van der Waals surface area contributed by atoms with Gasteiger partial charge < -0.3 is 10.1 Å². The summed E-state index contributed by atoms with van der Waals surface area (Å²) < 4.78 is 53.8. The first-order valence-corrected chi connectivity index (χ1v) is 9.46. The van der Waals surface area contributed by atoms with Crippen molar-refractivity contribution < 1.29 is 26.7 Å². The molecule has 25 heavy (non-hydrogen) atoms. The lowest BCUT2D eigenvalue weighted by molar-refractivity contribution is 0.102. The van der Waals surface area contributed by atoms with Gasteiger partial charge in [0.1, 0.15) is 12.4 Å². The van der Waals surface area contributed by atoms with Gasteiger partial charge in [-0.25, -0.2) is 17.2 Å². The molecular formula is C16H14ClF2NO4S. The number of hydrogen-bond donors (Lipinski definition) is 1. The van der Waals surface area contributed by atoms with Crippen molar-refractivity contribution in [3.05, 3.63) is 58.6 Å². The molecule has 0 aromatic heterocycles. The van der Waals surface area contributed by atoms with Crippen LogP contribution in [0.25, 0.3) is 0 Å². The number of carbonyl (C=O) groups excluding carboxylic acids is 1. The summed E-state index contributed by atoms with van der Waals surface area (Å²) in [6, 6.07) is 7.61. The van der Waals surface area contributed by atoms with Crippen LogP contribution in [0.2, 0.25) is 5.02 Å². The second kappa shape index (κ2) is 7.79. The molecule has 0 bridgehead atoms. The highest BCUT2D eigenvalue weighted by molar-refractivity contribution is 7.90. The molecule has 134 valence electrons. The predicted molar refractivity (Wildman–Crippen MR) is 91.0 cm³/mol. The number of rotatable bonds is 6. The number of amides is 1. The van der Waals surface area contributed by atoms with E-state index in [0.29, 0.717) is 17.5 Å². The zero-order valence-corrected chi connectivity index (χ0v) is 14.6. The smallest absolute Gasteiger partial charge is 0.257 e. The molecule has 2 aromatic carbocycles. The molecule has 0 unspecified atom stereocenters. The van der Waals surface area contributed by atoms with E-state index in [1.54, 1.807) is 18.2 Å². The average molecular weight is 390 g/mol. The zero-order chi connectivity index (χ0) is 18.6. The fraction of sp³-hybridized carbons (Fsp3) is 0.188. The highest BCUT2D eigenvalue weighted by Gasteiger charge is 2.15. The Morgan fingerprint density at radius 3 is 2.56 bits per heavy atom. The Labute approximate surface area is 148 Å². The molecular weight excluding hydrogens is 376 g/mol. The summed E-state index contributed by atoms with van der Waals surface area (Å²) in [5, 5.41) is 2.26. The molecule has 2 aromatic rings. The Morgan fingerprint density at radius 2 is 1.88 bits per heavy atom. The van der Waals surface area contributed by atoms with Crippen LogP contribution in [0.1, 0.15) is 10.4 Å². The molecule has 5 nitrogen and oxygen atoms in total. The number of anilines is 1. The second-order valence-corrected chi connectivity index (χ2v) is 7.87. The van der Waals surface area contributed by atoms with Crippen molar-refractivity contribution in [2.24, 2.45) is 0 Å². The van der Waals surface area contributed by atoms with Crippen molar-refractivity contribution in [2.75, 3.05) is 23.9 Å². The predicted octanol–water partition coefficient (Wildman–Crippen LogP) is 3.29. The van der Waals surface area contributed by atoms with E-state index in [2.05, 4.69) is 5.32 Å². The molecule has 0 spiro atoms. The van der Waals surface area contributed by atoms with Crippen molar-refractivity contribution in [3.63, 3.8) is 0 Å². The Bertz CT molecular complexity index is 903. The molecule has 0 fully saturated rings. The van der Waals surface area contributed by atoms with Gasteiger partial charge >= 0.3 is 0 Å². The van der Waals surface area contributed by atoms with Gasteiger partial charge in [0.25, 0.3) is 5.91 Å². The first-order chi connectivity index (χ1) is 11.7. The number of carbonyl (C=O) groups is 1. The van der Waals surface area contributed by atoms with Crippen LogP contribution in [0.3, 0.4) is 0 Å². The van der Waals surface area contributed by atoms with Crippen molar-refractivity contribution in [2.45, 2.75) is 0 Å². The number of halogens is 3. The summed E-state index contributed by atoms with van der Waals surface area (Å²) in [6.07, 6.45) is 1.10. The number of hydrogen-bond acceptors (Lipinski definition) is 4. The molecule has 2 rings (SSSR count). The van der Waals surface area contributed by atoms with E-state index < -0.39 is 27.4 Å². The van der Waals surface area contributed by atoms with E-state index >= 15 is 0 Å². The maximum Gasteiger partial charge on any atom is 0.257 e. The average Bonchev–Trinajstić information content (AvgIpc) is 2.50. The van der Waals surface area contributed by atoms with Gasteiger partial charge in [0.05, 0.1) is 16.3 Å². The van der Waals surface area contributed by atoms with Crippen LogP contribution in [0.4, 0.5) is 14.5 Å². The lowest BCUT2D eigenvalue weighted by Gasteiger charge is -2.10. The summed E-state index contributed by atoms with van der Waals surface area (Å²) in [5.74, 6) is -2.86. The van der Waals surface area contributed by atoms with Gasteiger partial charge in [-0.1, -0.05) is 17.7 Å². The summed E-state index contributed by atoms with van der Waals surface area (Å²) in [4.78, 5) is 12.2. The maximum atomic E-state index is 13.3. The summed E-state index contributed by atoms with van der Waals surface area (Å²) >= 11 is 5.76. The molecule has 0 saturated carbocycles. The zero-order valence-electron chi connectivity index (χ0n) is 13.1. The number of sulfone groups is 1. The van der Waals surface area contributed by atoms with Gasteiger partial charge in [0.15, 0.2) is 21.5 Å². The van der Waals surface area contributed by atoms with Gasteiger partial charge in [-0.2, -0.15) is 0 Å². The largest absolute Gasteiger partial charge is 0.492 e. The van der Waals surface area contributed by atoms with Gasteiger partial charge in [0.2, 0.25) is 0 Å². The Kier molecular flexibility index (Phi) is 5.97. The molecule has 0 aliphatic carbocycles. The van der Waals surface area contributed by atoms with E-state index in [1.165, 1.54) is 6.07 Å². The molecule has 0 heterocycles. The molecule has 0 radical (unpaired) electrons. The third-order valence-electron chi connectivity index (χ3n) is 3.07. The number of nitrogens with one attached hydrogen (secondary N) is 1. The fourth-order valence-corrected chi connectivity index (χ4v) is 2.49. The summed E-state index contributed by atoms with van der Waals surface area (Å²) in [5.41, 5.74) is 0.103. The number of benzene rings is 2. The molecule has 0 aliphatic heterocycles. The van der Waals surface area contributed by atoms with Crippen molar-refractivity contribution >= 4 is 33.0 Å². The van der Waals surface area contributed by atoms with Crippen LogP contribution in [0.5, 0.6) is 5.75 Å². The first-order valence-electron chi connectivity index (χ1n) is 7.02. The van der Waals surface area contributed by atoms with E-state index in [4.69, 9.17) is 16.3 Å². The fourth-order valence-electron chi connectivity index (χ4n) is 1.87. The van der Waals surface area contributed by atoms with Gasteiger partial charge in [0, 0.05) is 18.0 Å². The van der Waals surface area contributed by atoms with E-state index in [0.717, 1.165) is 12.3 Å². The first kappa shape index (κ1) is 19.1. The van der Waals surface area contributed by atoms with Gasteiger partial charge in [-0.3, -0.25) is 4.79 Å². The minimum atomic E-state index is -3.15. The molecule has 0 saturated heterocycles. The van der Waals surface area contributed by atoms with Crippen molar-refractivity contribution in [1.29, 1.82) is 0 Å². The quantitative estimate of drug-likeness (QED) is 0.769. The molecule has 0 aliphatic rings. The summed E-state index contributed by atoms with van der Waals surface area (Å²) in [6.45, 7) is -0.0365. The van der Waals surface area contributed by atoms with E-state index in [-0.39, 0.29) is 22.9 Å². The third kappa shape index (κ3) is 5.68. The van der Waals surface area contributed by atoms with Gasteiger partial charge in [-0.05, 0) is 24.3 Å².